The van der Waals surface area contributed by atoms with Gasteiger partial charge in [-0.3, -0.25) is 4.90 Å². The first-order chi connectivity index (χ1) is 4.39. The summed E-state index contributed by atoms with van der Waals surface area (Å²) < 4.78 is 0. The second-order valence-electron chi connectivity index (χ2n) is 4.31. The fourth-order valence-corrected chi connectivity index (χ4v) is 3.39. The predicted molar refractivity (Wildman–Crippen MR) is 34.0 cm³/mol. The minimum absolute atomic E-state index is 0.981. The first kappa shape index (κ1) is 3.97. The van der Waals surface area contributed by atoms with Crippen LogP contribution in [0.5, 0.6) is 0 Å². The van der Waals surface area contributed by atoms with Crippen molar-refractivity contribution in [3.8, 4) is 0 Å². The topological polar surface area (TPSA) is 3.01 Å². The number of nitrogens with zero attached hydrogens (tertiary/aromatic N) is 1. The largest absolute Gasteiger partial charge is 0.291 e. The highest BCUT2D eigenvalue weighted by molar-refractivity contribution is 5.36. The quantitative estimate of drug-likeness (QED) is 0.426. The Morgan fingerprint density at radius 1 is 1.22 bits per heavy atom. The third-order valence-corrected chi connectivity index (χ3v) is 4.07. The molecule has 0 spiro atoms. The first-order valence-corrected chi connectivity index (χ1v) is 4.17. The molecular formula is C8H11N. The average Bonchev–Trinajstić information content (AvgIpc) is 2.62. The fraction of sp³-hybridized carbons (Fsp3) is 1.00. The van der Waals surface area contributed by atoms with E-state index >= 15 is 0 Å². The molecule has 1 heteroatoms. The van der Waals surface area contributed by atoms with Crippen molar-refractivity contribution in [2.24, 2.45) is 17.8 Å². The van der Waals surface area contributed by atoms with E-state index in [9.17, 15) is 0 Å². The average molecular weight is 121 g/mol. The van der Waals surface area contributed by atoms with Crippen LogP contribution in [0.3, 0.4) is 0 Å². The fourth-order valence-electron chi connectivity index (χ4n) is 3.39. The van der Waals surface area contributed by atoms with Crippen LogP contribution in [-0.4, -0.2) is 23.0 Å². The van der Waals surface area contributed by atoms with Crippen molar-refractivity contribution in [2.75, 3.05) is 0 Å². The minimum Gasteiger partial charge on any atom is -0.291 e. The third-order valence-electron chi connectivity index (χ3n) is 4.07. The Kier molecular flexibility index (Phi) is 0.353. The molecule has 0 aromatic carbocycles. The zero-order valence-corrected chi connectivity index (χ0v) is 5.62. The molecule has 0 amide bonds. The molecule has 5 rings (SSSR count). The minimum atomic E-state index is 0.981. The lowest BCUT2D eigenvalue weighted by Gasteiger charge is -2.27. The molecule has 3 saturated heterocycles. The molecular weight excluding hydrogens is 110 g/mol. The molecule has 5 atom stereocenters. The van der Waals surface area contributed by atoms with Crippen LogP contribution in [0.25, 0.3) is 0 Å². The summed E-state index contributed by atoms with van der Waals surface area (Å²) >= 11 is 0. The van der Waals surface area contributed by atoms with E-state index in [2.05, 4.69) is 11.8 Å². The maximum Gasteiger partial charge on any atom is 0.0308 e. The van der Waals surface area contributed by atoms with E-state index in [1.807, 2.05) is 0 Å². The molecule has 5 aliphatic rings. The van der Waals surface area contributed by atoms with E-state index in [0.717, 1.165) is 24.0 Å². The summed E-state index contributed by atoms with van der Waals surface area (Å²) in [6, 6.07) is 3.21. The summed E-state index contributed by atoms with van der Waals surface area (Å²) in [5, 5.41) is 0. The van der Waals surface area contributed by atoms with Crippen LogP contribution < -0.4 is 0 Å². The summed E-state index contributed by atoms with van der Waals surface area (Å²) in [7, 11) is 0. The van der Waals surface area contributed by atoms with Gasteiger partial charge in [-0.15, -0.1) is 0 Å². The molecule has 0 aromatic heterocycles. The van der Waals surface area contributed by atoms with Gasteiger partial charge in [-0.2, -0.15) is 0 Å². The molecule has 0 radical (unpaired) electrons. The molecule has 2 saturated carbocycles. The Balaban J connectivity index is 1.84. The van der Waals surface area contributed by atoms with Gasteiger partial charge in [0.1, 0.15) is 0 Å². The number of rotatable bonds is 0. The molecule has 48 valence electrons. The maximum atomic E-state index is 2.72. The molecule has 3 heterocycles. The maximum absolute atomic E-state index is 2.72. The number of hydrogen-bond donors (Lipinski definition) is 0. The smallest absolute Gasteiger partial charge is 0.0308 e. The van der Waals surface area contributed by atoms with E-state index in [0.29, 0.717) is 0 Å². The Labute approximate surface area is 55.0 Å². The molecule has 5 unspecified atom stereocenters. The molecule has 9 heavy (non-hydrogen) atoms. The van der Waals surface area contributed by atoms with Crippen molar-refractivity contribution in [3.63, 3.8) is 0 Å². The van der Waals surface area contributed by atoms with Crippen LogP contribution >= 0.6 is 0 Å². The van der Waals surface area contributed by atoms with Gasteiger partial charge in [-0.1, -0.05) is 0 Å². The summed E-state index contributed by atoms with van der Waals surface area (Å²) in [4.78, 5) is 2.72. The van der Waals surface area contributed by atoms with Gasteiger partial charge in [-0.05, 0) is 31.1 Å². The Morgan fingerprint density at radius 2 is 2.00 bits per heavy atom. The summed E-state index contributed by atoms with van der Waals surface area (Å²) in [5.74, 6) is 3.57. The first-order valence-electron chi connectivity index (χ1n) is 4.17. The van der Waals surface area contributed by atoms with E-state index in [1.165, 1.54) is 11.8 Å². The summed E-state index contributed by atoms with van der Waals surface area (Å²) in [6.07, 6.45) is 1.58. The van der Waals surface area contributed by atoms with Crippen molar-refractivity contribution < 1.29 is 0 Å². The lowest BCUT2D eigenvalue weighted by molar-refractivity contribution is 0.177. The van der Waals surface area contributed by atoms with Crippen molar-refractivity contribution >= 4 is 0 Å². The Morgan fingerprint density at radius 3 is 2.67 bits per heavy atom. The van der Waals surface area contributed by atoms with Crippen molar-refractivity contribution in [1.29, 1.82) is 0 Å². The number of hydrogen-bond acceptors (Lipinski definition) is 1. The molecule has 2 aliphatic carbocycles. The summed E-state index contributed by atoms with van der Waals surface area (Å²) in [5.41, 5.74) is 0. The summed E-state index contributed by atoms with van der Waals surface area (Å²) in [6.45, 7) is 2.42. The van der Waals surface area contributed by atoms with Crippen LogP contribution in [0.1, 0.15) is 13.3 Å². The highest BCUT2D eigenvalue weighted by Crippen LogP contribution is 2.75. The zero-order chi connectivity index (χ0) is 5.75. The highest BCUT2D eigenvalue weighted by Gasteiger charge is 2.83. The Bertz CT molecular complexity index is 187. The zero-order valence-electron chi connectivity index (χ0n) is 5.62. The van der Waals surface area contributed by atoms with Crippen molar-refractivity contribution in [1.82, 2.24) is 4.90 Å². The molecule has 3 aliphatic heterocycles. The van der Waals surface area contributed by atoms with Gasteiger partial charge in [0.05, 0.1) is 0 Å². The van der Waals surface area contributed by atoms with Gasteiger partial charge in [0.15, 0.2) is 0 Å². The van der Waals surface area contributed by atoms with Gasteiger partial charge in [0.25, 0.3) is 0 Å². The van der Waals surface area contributed by atoms with Crippen molar-refractivity contribution in [3.05, 3.63) is 0 Å². The lowest BCUT2D eigenvalue weighted by atomic mass is 10.0. The Hall–Kier alpha value is -0.0400. The van der Waals surface area contributed by atoms with Crippen molar-refractivity contribution in [2.45, 2.75) is 31.5 Å². The monoisotopic (exact) mass is 121 g/mol. The van der Waals surface area contributed by atoms with E-state index in [1.54, 1.807) is 6.42 Å². The lowest BCUT2D eigenvalue weighted by Crippen LogP contribution is -2.35. The van der Waals surface area contributed by atoms with Gasteiger partial charge < -0.3 is 0 Å². The normalized spacial score (nSPS) is 87.0. The molecule has 2 bridgehead atoms. The predicted octanol–water partition coefficient (Wildman–Crippen LogP) is 0.707. The third kappa shape index (κ3) is 0.245. The van der Waals surface area contributed by atoms with E-state index < -0.39 is 0 Å². The standard InChI is InChI=1S/C8H11N/c1-3-4-2-5(4)6-7-8(6)9(3)7/h3-8H,2H2,1H3. The van der Waals surface area contributed by atoms with Crippen LogP contribution in [0, 0.1) is 17.8 Å². The second-order valence-corrected chi connectivity index (χ2v) is 4.31. The second kappa shape index (κ2) is 0.800. The van der Waals surface area contributed by atoms with E-state index in [-0.39, 0.29) is 0 Å². The van der Waals surface area contributed by atoms with Crippen LogP contribution in [-0.2, 0) is 0 Å². The van der Waals surface area contributed by atoms with Gasteiger partial charge >= 0.3 is 0 Å². The van der Waals surface area contributed by atoms with Crippen LogP contribution in [0.2, 0.25) is 0 Å². The number of piperidine rings is 2. The van der Waals surface area contributed by atoms with Gasteiger partial charge in [0, 0.05) is 18.1 Å². The van der Waals surface area contributed by atoms with E-state index in [4.69, 9.17) is 0 Å². The molecule has 0 aromatic rings. The van der Waals surface area contributed by atoms with Crippen LogP contribution in [0.4, 0.5) is 0 Å². The van der Waals surface area contributed by atoms with Crippen LogP contribution in [0.15, 0.2) is 0 Å². The van der Waals surface area contributed by atoms with Gasteiger partial charge in [-0.25, -0.2) is 0 Å². The molecule has 5 fully saturated rings. The SMILES string of the molecule is CC1C2CC2C2C3C2N13. The highest BCUT2D eigenvalue weighted by atomic mass is 15.5. The molecule has 1 nitrogen and oxygen atoms in total. The van der Waals surface area contributed by atoms with Gasteiger partial charge in [0.2, 0.25) is 0 Å². The molecule has 0 N–H and O–H groups in total.